The smallest absolute Gasteiger partial charge is 0.232 e. The number of ether oxygens (including phenoxy) is 1. The lowest BCUT2D eigenvalue weighted by atomic mass is 10.3. The Bertz CT molecular complexity index is 318. The van der Waals surface area contributed by atoms with Crippen LogP contribution in [0.5, 0.6) is 5.88 Å². The normalized spacial score (nSPS) is 10.7. The highest BCUT2D eigenvalue weighted by Gasteiger charge is 2.04. The molecule has 0 radical (unpaired) electrons. The van der Waals surface area contributed by atoms with Crippen LogP contribution >= 0.6 is 11.6 Å². The van der Waals surface area contributed by atoms with Gasteiger partial charge in [-0.1, -0.05) is 11.6 Å². The van der Waals surface area contributed by atoms with E-state index < -0.39 is 0 Å². The summed E-state index contributed by atoms with van der Waals surface area (Å²) in [7, 11) is 3.93. The Kier molecular flexibility index (Phi) is 4.81. The van der Waals surface area contributed by atoms with E-state index in [2.05, 4.69) is 4.98 Å². The van der Waals surface area contributed by atoms with Crippen LogP contribution in [-0.2, 0) is 6.61 Å². The predicted octanol–water partition coefficient (Wildman–Crippen LogP) is 1.17. The molecule has 1 aromatic heterocycles. The first-order valence-corrected chi connectivity index (χ1v) is 5.04. The fourth-order valence-corrected chi connectivity index (χ4v) is 1.23. The Hall–Kier alpha value is -0.840. The molecule has 0 saturated carbocycles. The molecule has 1 N–H and O–H groups in total. The standard InChI is InChI=1S/C10H15ClN2O2/c1-13(2)3-4-15-10-9(11)5-8(7-14)6-12-10/h5-6,14H,3-4,7H2,1-2H3. The molecule has 0 aliphatic carbocycles. The van der Waals surface area contributed by atoms with Crippen molar-refractivity contribution >= 4 is 11.6 Å². The highest BCUT2D eigenvalue weighted by Crippen LogP contribution is 2.22. The molecule has 0 spiro atoms. The number of aliphatic hydroxyl groups excluding tert-OH is 1. The number of rotatable bonds is 5. The van der Waals surface area contributed by atoms with Gasteiger partial charge in [0.15, 0.2) is 0 Å². The largest absolute Gasteiger partial charge is 0.475 e. The zero-order valence-electron chi connectivity index (χ0n) is 8.90. The summed E-state index contributed by atoms with van der Waals surface area (Å²) in [6, 6.07) is 1.65. The topological polar surface area (TPSA) is 45.6 Å². The van der Waals surface area contributed by atoms with Gasteiger partial charge in [-0.15, -0.1) is 0 Å². The summed E-state index contributed by atoms with van der Waals surface area (Å²) in [6.07, 6.45) is 1.55. The number of hydrogen-bond acceptors (Lipinski definition) is 4. The third-order valence-corrected chi connectivity index (χ3v) is 2.09. The van der Waals surface area contributed by atoms with Crippen molar-refractivity contribution in [3.8, 4) is 5.88 Å². The summed E-state index contributed by atoms with van der Waals surface area (Å²) in [5.74, 6) is 0.413. The lowest BCUT2D eigenvalue weighted by Gasteiger charge is -2.11. The summed E-state index contributed by atoms with van der Waals surface area (Å²) in [6.45, 7) is 1.28. The van der Waals surface area contributed by atoms with E-state index in [1.807, 2.05) is 19.0 Å². The second-order valence-corrected chi connectivity index (χ2v) is 3.85. The number of aromatic nitrogens is 1. The van der Waals surface area contributed by atoms with E-state index in [1.165, 1.54) is 0 Å². The molecule has 0 bridgehead atoms. The Morgan fingerprint density at radius 1 is 1.53 bits per heavy atom. The SMILES string of the molecule is CN(C)CCOc1ncc(CO)cc1Cl. The number of nitrogens with zero attached hydrogens (tertiary/aromatic N) is 2. The maximum atomic E-state index is 8.86. The number of pyridine rings is 1. The van der Waals surface area contributed by atoms with E-state index in [-0.39, 0.29) is 6.61 Å². The molecule has 0 atom stereocenters. The number of hydrogen-bond donors (Lipinski definition) is 1. The van der Waals surface area contributed by atoms with Gasteiger partial charge in [0.05, 0.1) is 6.61 Å². The lowest BCUT2D eigenvalue weighted by Crippen LogP contribution is -2.19. The molecule has 1 heterocycles. The molecule has 0 aromatic carbocycles. The van der Waals surface area contributed by atoms with E-state index in [0.29, 0.717) is 23.1 Å². The van der Waals surface area contributed by atoms with Gasteiger partial charge >= 0.3 is 0 Å². The van der Waals surface area contributed by atoms with Crippen LogP contribution in [0.15, 0.2) is 12.3 Å². The van der Waals surface area contributed by atoms with Crippen LogP contribution < -0.4 is 4.74 Å². The number of likely N-dealkylation sites (N-methyl/N-ethyl adjacent to an activating group) is 1. The molecule has 84 valence electrons. The fourth-order valence-electron chi connectivity index (χ4n) is 0.983. The van der Waals surface area contributed by atoms with Gasteiger partial charge < -0.3 is 14.7 Å². The second kappa shape index (κ2) is 5.90. The third-order valence-electron chi connectivity index (χ3n) is 1.82. The molecule has 0 aliphatic heterocycles. The molecular formula is C10H15ClN2O2. The van der Waals surface area contributed by atoms with Gasteiger partial charge in [-0.2, -0.15) is 0 Å². The Labute approximate surface area is 94.4 Å². The zero-order valence-corrected chi connectivity index (χ0v) is 9.66. The molecule has 15 heavy (non-hydrogen) atoms. The summed E-state index contributed by atoms with van der Waals surface area (Å²) in [5.41, 5.74) is 0.681. The molecule has 4 nitrogen and oxygen atoms in total. The first kappa shape index (κ1) is 12.2. The second-order valence-electron chi connectivity index (χ2n) is 3.44. The first-order chi connectivity index (χ1) is 7.13. The zero-order chi connectivity index (χ0) is 11.3. The minimum absolute atomic E-state index is 0.0648. The predicted molar refractivity (Wildman–Crippen MR) is 59.2 cm³/mol. The van der Waals surface area contributed by atoms with Gasteiger partial charge in [-0.3, -0.25) is 0 Å². The van der Waals surface area contributed by atoms with Crippen molar-refractivity contribution in [1.29, 1.82) is 0 Å². The monoisotopic (exact) mass is 230 g/mol. The van der Waals surface area contributed by atoms with Crippen molar-refractivity contribution in [3.63, 3.8) is 0 Å². The molecule has 1 aromatic rings. The first-order valence-electron chi connectivity index (χ1n) is 4.66. The highest BCUT2D eigenvalue weighted by atomic mass is 35.5. The van der Waals surface area contributed by atoms with Crippen LogP contribution in [0.2, 0.25) is 5.02 Å². The summed E-state index contributed by atoms with van der Waals surface area (Å²) in [4.78, 5) is 6.02. The van der Waals surface area contributed by atoms with Gasteiger partial charge in [-0.05, 0) is 25.7 Å². The van der Waals surface area contributed by atoms with Crippen LogP contribution in [0.1, 0.15) is 5.56 Å². The van der Waals surface area contributed by atoms with E-state index in [0.717, 1.165) is 6.54 Å². The lowest BCUT2D eigenvalue weighted by molar-refractivity contribution is 0.253. The van der Waals surface area contributed by atoms with Gasteiger partial charge in [0.2, 0.25) is 5.88 Å². The minimum Gasteiger partial charge on any atom is -0.475 e. The molecular weight excluding hydrogens is 216 g/mol. The number of aliphatic hydroxyl groups is 1. The van der Waals surface area contributed by atoms with Crippen molar-refractivity contribution in [2.75, 3.05) is 27.2 Å². The van der Waals surface area contributed by atoms with Gasteiger partial charge in [0.25, 0.3) is 0 Å². The molecule has 1 rings (SSSR count). The number of halogens is 1. The van der Waals surface area contributed by atoms with E-state index in [4.69, 9.17) is 21.4 Å². The Morgan fingerprint density at radius 3 is 2.80 bits per heavy atom. The molecule has 0 saturated heterocycles. The maximum absolute atomic E-state index is 8.86. The highest BCUT2D eigenvalue weighted by molar-refractivity contribution is 6.31. The van der Waals surface area contributed by atoms with Crippen LogP contribution in [0.25, 0.3) is 0 Å². The van der Waals surface area contributed by atoms with Crippen molar-refractivity contribution in [2.45, 2.75) is 6.61 Å². The van der Waals surface area contributed by atoms with Gasteiger partial charge in [-0.25, -0.2) is 4.98 Å². The van der Waals surface area contributed by atoms with Crippen molar-refractivity contribution in [1.82, 2.24) is 9.88 Å². The summed E-state index contributed by atoms with van der Waals surface area (Å²) in [5, 5.41) is 9.29. The van der Waals surface area contributed by atoms with Crippen molar-refractivity contribution in [2.24, 2.45) is 0 Å². The fraction of sp³-hybridized carbons (Fsp3) is 0.500. The molecule has 0 amide bonds. The maximum Gasteiger partial charge on any atom is 0.232 e. The molecule has 0 fully saturated rings. The van der Waals surface area contributed by atoms with Crippen LogP contribution in [0, 0.1) is 0 Å². The van der Waals surface area contributed by atoms with E-state index >= 15 is 0 Å². The van der Waals surface area contributed by atoms with Crippen molar-refractivity contribution < 1.29 is 9.84 Å². The molecule has 0 unspecified atom stereocenters. The molecule has 5 heteroatoms. The van der Waals surface area contributed by atoms with Gasteiger partial charge in [0, 0.05) is 12.7 Å². The quantitative estimate of drug-likeness (QED) is 0.825. The van der Waals surface area contributed by atoms with Crippen LogP contribution in [-0.4, -0.2) is 42.2 Å². The average molecular weight is 231 g/mol. The average Bonchev–Trinajstić information content (AvgIpc) is 2.20. The van der Waals surface area contributed by atoms with Gasteiger partial charge in [0.1, 0.15) is 11.6 Å². The van der Waals surface area contributed by atoms with E-state index in [9.17, 15) is 0 Å². The van der Waals surface area contributed by atoms with Crippen LogP contribution in [0.3, 0.4) is 0 Å². The van der Waals surface area contributed by atoms with Crippen LogP contribution in [0.4, 0.5) is 0 Å². The minimum atomic E-state index is -0.0648. The molecule has 0 aliphatic rings. The van der Waals surface area contributed by atoms with Crippen molar-refractivity contribution in [3.05, 3.63) is 22.8 Å². The summed E-state index contributed by atoms with van der Waals surface area (Å²) < 4.78 is 5.38. The Balaban J connectivity index is 2.54. The Morgan fingerprint density at radius 2 is 2.27 bits per heavy atom. The third kappa shape index (κ3) is 4.03. The summed E-state index contributed by atoms with van der Waals surface area (Å²) >= 11 is 5.91. The van der Waals surface area contributed by atoms with E-state index in [1.54, 1.807) is 12.3 Å².